The Morgan fingerprint density at radius 2 is 1.96 bits per heavy atom. The lowest BCUT2D eigenvalue weighted by Gasteiger charge is -2.30. The summed E-state index contributed by atoms with van der Waals surface area (Å²) in [5.41, 5.74) is 5.81. The van der Waals surface area contributed by atoms with E-state index in [4.69, 9.17) is 15.2 Å². The first-order valence-corrected chi connectivity index (χ1v) is 10.1. The molecule has 26 heavy (non-hydrogen) atoms. The van der Waals surface area contributed by atoms with Crippen LogP contribution in [0, 0.1) is 11.7 Å². The Balaban J connectivity index is 0.00000338. The number of nitrogens with two attached hydrogens (primary N) is 1. The smallest absolute Gasteiger partial charge is 0.244 e. The maximum atomic E-state index is 13.6. The molecule has 1 aliphatic rings. The van der Waals surface area contributed by atoms with Crippen LogP contribution in [0.5, 0.6) is 5.75 Å². The van der Waals surface area contributed by atoms with Gasteiger partial charge in [0.15, 0.2) is 0 Å². The Hall–Kier alpha value is -0.930. The molecule has 0 amide bonds. The van der Waals surface area contributed by atoms with Crippen LogP contribution >= 0.6 is 12.4 Å². The van der Waals surface area contributed by atoms with Crippen molar-refractivity contribution in [3.63, 3.8) is 0 Å². The Morgan fingerprint density at radius 1 is 1.27 bits per heavy atom. The molecule has 150 valence electrons. The molecular formula is C17H28ClFN2O4S. The SMILES string of the molecule is COCCOc1ccc(F)cc1S(=O)(=O)NC(CN)C1CCCCC1.Cl. The van der Waals surface area contributed by atoms with Crippen molar-refractivity contribution in [2.24, 2.45) is 11.7 Å². The molecule has 0 saturated heterocycles. The summed E-state index contributed by atoms with van der Waals surface area (Å²) in [4.78, 5) is -0.210. The van der Waals surface area contributed by atoms with E-state index in [9.17, 15) is 12.8 Å². The van der Waals surface area contributed by atoms with Crippen LogP contribution in [0.3, 0.4) is 0 Å². The van der Waals surface area contributed by atoms with Gasteiger partial charge in [0.2, 0.25) is 10.0 Å². The summed E-state index contributed by atoms with van der Waals surface area (Å²) in [6.45, 7) is 0.685. The van der Waals surface area contributed by atoms with Gasteiger partial charge in [0.1, 0.15) is 23.1 Å². The Kier molecular flexibility index (Phi) is 9.81. The summed E-state index contributed by atoms with van der Waals surface area (Å²) in [5, 5.41) is 0. The maximum absolute atomic E-state index is 13.6. The molecule has 0 spiro atoms. The van der Waals surface area contributed by atoms with Crippen LogP contribution in [0.25, 0.3) is 0 Å². The molecule has 0 aliphatic heterocycles. The molecule has 9 heteroatoms. The fraction of sp³-hybridized carbons (Fsp3) is 0.647. The fourth-order valence-electron chi connectivity index (χ4n) is 3.18. The molecule has 0 heterocycles. The predicted molar refractivity (Wildman–Crippen MR) is 101 cm³/mol. The highest BCUT2D eigenvalue weighted by Gasteiger charge is 2.29. The minimum atomic E-state index is -3.95. The molecule has 6 nitrogen and oxygen atoms in total. The largest absolute Gasteiger partial charge is 0.490 e. The van der Waals surface area contributed by atoms with Gasteiger partial charge in [0.25, 0.3) is 0 Å². The van der Waals surface area contributed by atoms with Crippen molar-refractivity contribution in [1.29, 1.82) is 0 Å². The van der Waals surface area contributed by atoms with Crippen LogP contribution in [0.4, 0.5) is 4.39 Å². The van der Waals surface area contributed by atoms with Crippen molar-refractivity contribution in [3.8, 4) is 5.75 Å². The second-order valence-electron chi connectivity index (χ2n) is 6.29. The van der Waals surface area contributed by atoms with Crippen molar-refractivity contribution in [3.05, 3.63) is 24.0 Å². The van der Waals surface area contributed by atoms with Gasteiger partial charge in [-0.25, -0.2) is 17.5 Å². The number of hydrogen-bond acceptors (Lipinski definition) is 5. The van der Waals surface area contributed by atoms with Gasteiger partial charge in [-0.3, -0.25) is 0 Å². The van der Waals surface area contributed by atoms with E-state index in [2.05, 4.69) is 4.72 Å². The third-order valence-corrected chi connectivity index (χ3v) is 6.03. The van der Waals surface area contributed by atoms with Gasteiger partial charge in [-0.1, -0.05) is 19.3 Å². The number of sulfonamides is 1. The highest BCUT2D eigenvalue weighted by atomic mass is 35.5. The summed E-state index contributed by atoms with van der Waals surface area (Å²) >= 11 is 0. The minimum absolute atomic E-state index is 0. The molecular weight excluding hydrogens is 383 g/mol. The molecule has 2 rings (SSSR count). The highest BCUT2D eigenvalue weighted by Crippen LogP contribution is 2.29. The van der Waals surface area contributed by atoms with Crippen molar-refractivity contribution in [2.45, 2.75) is 43.0 Å². The standard InChI is InChI=1S/C17H27FN2O4S.ClH/c1-23-9-10-24-16-8-7-14(18)11-17(16)25(21,22)20-15(12-19)13-5-3-2-4-6-13;/h7-8,11,13,15,20H,2-6,9-10,12,19H2,1H3;1H. The number of benzene rings is 1. The summed E-state index contributed by atoms with van der Waals surface area (Å²) in [5.74, 6) is -0.327. The molecule has 0 radical (unpaired) electrons. The average molecular weight is 411 g/mol. The van der Waals surface area contributed by atoms with E-state index < -0.39 is 15.8 Å². The summed E-state index contributed by atoms with van der Waals surface area (Å²) in [7, 11) is -2.43. The van der Waals surface area contributed by atoms with Gasteiger partial charge < -0.3 is 15.2 Å². The lowest BCUT2D eigenvalue weighted by Crippen LogP contribution is -2.45. The quantitative estimate of drug-likeness (QED) is 0.610. The van der Waals surface area contributed by atoms with E-state index >= 15 is 0 Å². The van der Waals surface area contributed by atoms with Gasteiger partial charge in [0, 0.05) is 19.7 Å². The zero-order valence-corrected chi connectivity index (χ0v) is 16.6. The lowest BCUT2D eigenvalue weighted by atomic mass is 9.84. The van der Waals surface area contributed by atoms with E-state index in [1.165, 1.54) is 25.7 Å². The first-order chi connectivity index (χ1) is 12.0. The normalized spacial score (nSPS) is 16.7. The summed E-state index contributed by atoms with van der Waals surface area (Å²) in [6, 6.07) is 3.10. The molecule has 1 saturated carbocycles. The van der Waals surface area contributed by atoms with Gasteiger partial charge in [0.05, 0.1) is 6.61 Å². The predicted octanol–water partition coefficient (Wildman–Crippen LogP) is 2.46. The summed E-state index contributed by atoms with van der Waals surface area (Å²) < 4.78 is 52.2. The van der Waals surface area contributed by atoms with E-state index in [0.29, 0.717) is 6.61 Å². The van der Waals surface area contributed by atoms with E-state index in [1.54, 1.807) is 0 Å². The van der Waals surface area contributed by atoms with Crippen molar-refractivity contribution < 1.29 is 22.3 Å². The number of nitrogens with one attached hydrogen (secondary N) is 1. The number of hydrogen-bond donors (Lipinski definition) is 2. The van der Waals surface area contributed by atoms with Gasteiger partial charge in [-0.2, -0.15) is 0 Å². The van der Waals surface area contributed by atoms with Crippen LogP contribution in [-0.2, 0) is 14.8 Å². The average Bonchev–Trinajstić information content (AvgIpc) is 2.62. The number of rotatable bonds is 9. The van der Waals surface area contributed by atoms with Gasteiger partial charge in [-0.05, 0) is 37.0 Å². The molecule has 1 fully saturated rings. The Bertz CT molecular complexity index is 654. The monoisotopic (exact) mass is 410 g/mol. The first kappa shape index (κ1) is 23.1. The second kappa shape index (κ2) is 11.0. The third-order valence-electron chi connectivity index (χ3n) is 4.52. The molecule has 0 bridgehead atoms. The van der Waals surface area contributed by atoms with Crippen molar-refractivity contribution >= 4 is 22.4 Å². The number of halogens is 2. The van der Waals surface area contributed by atoms with Crippen LogP contribution < -0.4 is 15.2 Å². The molecule has 1 aromatic carbocycles. The fourth-order valence-corrected chi connectivity index (χ4v) is 4.66. The second-order valence-corrected chi connectivity index (χ2v) is 7.98. The molecule has 3 N–H and O–H groups in total. The number of methoxy groups -OCH3 is 1. The van der Waals surface area contributed by atoms with Crippen molar-refractivity contribution in [1.82, 2.24) is 4.72 Å². The zero-order valence-electron chi connectivity index (χ0n) is 14.9. The van der Waals surface area contributed by atoms with E-state index in [-0.39, 0.29) is 48.2 Å². The Labute approximate surface area is 161 Å². The molecule has 1 aromatic rings. The van der Waals surface area contributed by atoms with E-state index in [1.807, 2.05) is 0 Å². The first-order valence-electron chi connectivity index (χ1n) is 8.61. The van der Waals surface area contributed by atoms with Crippen molar-refractivity contribution in [2.75, 3.05) is 26.9 Å². The van der Waals surface area contributed by atoms with E-state index in [0.717, 1.165) is 31.7 Å². The van der Waals surface area contributed by atoms with Crippen LogP contribution in [0.15, 0.2) is 23.1 Å². The third kappa shape index (κ3) is 6.35. The van der Waals surface area contributed by atoms with Crippen LogP contribution in [0.1, 0.15) is 32.1 Å². The molecule has 1 atom stereocenters. The zero-order chi connectivity index (χ0) is 18.3. The molecule has 1 unspecified atom stereocenters. The highest BCUT2D eigenvalue weighted by molar-refractivity contribution is 7.89. The van der Waals surface area contributed by atoms with Crippen LogP contribution in [0.2, 0.25) is 0 Å². The molecule has 0 aromatic heterocycles. The Morgan fingerprint density at radius 3 is 2.58 bits per heavy atom. The lowest BCUT2D eigenvalue weighted by molar-refractivity contribution is 0.144. The minimum Gasteiger partial charge on any atom is -0.490 e. The van der Waals surface area contributed by atoms with Gasteiger partial charge >= 0.3 is 0 Å². The van der Waals surface area contributed by atoms with Crippen LogP contribution in [-0.4, -0.2) is 41.3 Å². The maximum Gasteiger partial charge on any atom is 0.244 e. The molecule has 1 aliphatic carbocycles. The summed E-state index contributed by atoms with van der Waals surface area (Å²) in [6.07, 6.45) is 5.22. The number of ether oxygens (including phenoxy) is 2. The topological polar surface area (TPSA) is 90.6 Å². The van der Waals surface area contributed by atoms with Gasteiger partial charge in [-0.15, -0.1) is 12.4 Å².